The number of nitrogens with zero attached hydrogens (tertiary/aromatic N) is 2. The molecule has 0 unspecified atom stereocenters. The molecule has 4 rings (SSSR count). The van der Waals surface area contributed by atoms with Crippen molar-refractivity contribution in [2.75, 3.05) is 5.75 Å². The van der Waals surface area contributed by atoms with E-state index in [-0.39, 0.29) is 17.3 Å². The molecule has 0 aliphatic rings. The van der Waals surface area contributed by atoms with Crippen LogP contribution in [0.15, 0.2) is 96.1 Å². The van der Waals surface area contributed by atoms with E-state index in [2.05, 4.69) is 40.9 Å². The molecule has 35 heavy (non-hydrogen) atoms. The fraction of sp³-hybridized carbons (Fsp3) is 0.111. The monoisotopic (exact) mass is 485 g/mol. The number of hydrazone groups is 1. The second kappa shape index (κ2) is 11.8. The lowest BCUT2D eigenvalue weighted by Gasteiger charge is -2.07. The Bertz CT molecular complexity index is 1340. The Kier molecular flexibility index (Phi) is 8.08. The van der Waals surface area contributed by atoms with E-state index in [4.69, 9.17) is 4.74 Å². The lowest BCUT2D eigenvalue weighted by molar-refractivity contribution is -0.384. The highest BCUT2D eigenvalue weighted by molar-refractivity contribution is 7.99. The third-order valence-corrected chi connectivity index (χ3v) is 6.16. The first kappa shape index (κ1) is 24.0. The van der Waals surface area contributed by atoms with Gasteiger partial charge >= 0.3 is 0 Å². The number of hydrogen-bond acceptors (Lipinski definition) is 6. The number of nitrogens with one attached hydrogen (secondary N) is 1. The number of hydrogen-bond donors (Lipinski definition) is 1. The van der Waals surface area contributed by atoms with E-state index in [1.165, 1.54) is 34.7 Å². The van der Waals surface area contributed by atoms with Gasteiger partial charge in [-0.1, -0.05) is 48.5 Å². The number of thioether (sulfide) groups is 1. The largest absolute Gasteiger partial charge is 0.489 e. The van der Waals surface area contributed by atoms with Gasteiger partial charge in [0.15, 0.2) is 0 Å². The number of fused-ring (bicyclic) bond motifs is 1. The Labute approximate surface area is 207 Å². The third-order valence-electron chi connectivity index (χ3n) is 5.15. The van der Waals surface area contributed by atoms with Crippen molar-refractivity contribution >= 4 is 40.3 Å². The van der Waals surface area contributed by atoms with E-state index >= 15 is 0 Å². The number of rotatable bonds is 10. The number of benzene rings is 4. The number of carbonyl (C=O) groups excluding carboxylic acids is 1. The Morgan fingerprint density at radius 1 is 0.943 bits per heavy atom. The molecule has 0 fully saturated rings. The predicted octanol–water partition coefficient (Wildman–Crippen LogP) is 5.71. The molecule has 8 heteroatoms. The highest BCUT2D eigenvalue weighted by Crippen LogP contribution is 2.19. The second-order valence-corrected chi connectivity index (χ2v) is 8.73. The summed E-state index contributed by atoms with van der Waals surface area (Å²) in [5.41, 5.74) is 5.41. The normalized spacial score (nSPS) is 11.0. The average Bonchev–Trinajstić information content (AvgIpc) is 2.88. The van der Waals surface area contributed by atoms with E-state index in [1.807, 2.05) is 36.4 Å². The lowest BCUT2D eigenvalue weighted by Crippen LogP contribution is -2.19. The summed E-state index contributed by atoms with van der Waals surface area (Å²) in [5, 5.41) is 17.1. The van der Waals surface area contributed by atoms with Crippen LogP contribution < -0.4 is 10.2 Å². The second-order valence-electron chi connectivity index (χ2n) is 7.75. The topological polar surface area (TPSA) is 93.8 Å². The van der Waals surface area contributed by atoms with E-state index in [0.717, 1.165) is 22.4 Å². The van der Waals surface area contributed by atoms with Gasteiger partial charge in [0.05, 0.1) is 16.9 Å². The quantitative estimate of drug-likeness (QED) is 0.176. The maximum atomic E-state index is 12.0. The van der Waals surface area contributed by atoms with Crippen molar-refractivity contribution in [3.8, 4) is 5.75 Å². The fourth-order valence-corrected chi connectivity index (χ4v) is 4.11. The van der Waals surface area contributed by atoms with Crippen molar-refractivity contribution in [1.82, 2.24) is 5.43 Å². The van der Waals surface area contributed by atoms with Gasteiger partial charge < -0.3 is 4.74 Å². The molecule has 0 aromatic heterocycles. The van der Waals surface area contributed by atoms with Crippen LogP contribution in [0.2, 0.25) is 0 Å². The summed E-state index contributed by atoms with van der Waals surface area (Å²) < 4.78 is 5.89. The van der Waals surface area contributed by atoms with Gasteiger partial charge in [-0.3, -0.25) is 14.9 Å². The van der Waals surface area contributed by atoms with Crippen LogP contribution in [0.1, 0.15) is 16.7 Å². The van der Waals surface area contributed by atoms with Crippen molar-refractivity contribution in [3.05, 3.63) is 118 Å². The standard InChI is InChI=1S/C27H23N3O4S/c31-27(19-35-18-21-6-11-25(12-7-21)30(32)33)29-28-16-20-8-13-26(14-9-20)34-17-22-5-10-23-3-1-2-4-24(23)15-22/h1-16H,17-19H2,(H,29,31)/b28-16-. The molecule has 0 saturated heterocycles. The molecule has 7 nitrogen and oxygen atoms in total. The summed E-state index contributed by atoms with van der Waals surface area (Å²) >= 11 is 1.41. The fourth-order valence-electron chi connectivity index (χ4n) is 3.33. The minimum absolute atomic E-state index is 0.0513. The number of carbonyl (C=O) groups is 1. The molecule has 4 aromatic rings. The number of ether oxygens (including phenoxy) is 1. The summed E-state index contributed by atoms with van der Waals surface area (Å²) in [4.78, 5) is 22.2. The van der Waals surface area contributed by atoms with Gasteiger partial charge in [0.2, 0.25) is 5.91 Å². The van der Waals surface area contributed by atoms with Crippen molar-refractivity contribution in [2.45, 2.75) is 12.4 Å². The maximum Gasteiger partial charge on any atom is 0.269 e. The molecule has 4 aromatic carbocycles. The lowest BCUT2D eigenvalue weighted by atomic mass is 10.1. The minimum atomic E-state index is -0.435. The van der Waals surface area contributed by atoms with Gasteiger partial charge in [-0.2, -0.15) is 5.10 Å². The smallest absolute Gasteiger partial charge is 0.269 e. The van der Waals surface area contributed by atoms with Crippen LogP contribution in [-0.2, 0) is 17.2 Å². The van der Waals surface area contributed by atoms with E-state index in [1.54, 1.807) is 18.3 Å². The number of nitro groups is 1. The van der Waals surface area contributed by atoms with Crippen molar-refractivity contribution in [2.24, 2.45) is 5.10 Å². The molecule has 0 atom stereocenters. The molecular formula is C27H23N3O4S. The maximum absolute atomic E-state index is 12.0. The molecule has 176 valence electrons. The van der Waals surface area contributed by atoms with Crippen LogP contribution in [0.3, 0.4) is 0 Å². The van der Waals surface area contributed by atoms with Crippen LogP contribution in [0.25, 0.3) is 10.8 Å². The predicted molar refractivity (Wildman–Crippen MR) is 140 cm³/mol. The zero-order valence-corrected chi connectivity index (χ0v) is 19.6. The molecule has 0 spiro atoms. The van der Waals surface area contributed by atoms with Crippen LogP contribution >= 0.6 is 11.8 Å². The molecule has 1 amide bonds. The SMILES string of the molecule is O=C(CSCc1ccc([N+](=O)[O-])cc1)N/N=C\c1ccc(OCc2ccc3ccccc3c2)cc1. The Balaban J connectivity index is 1.18. The number of non-ortho nitro benzene ring substituents is 1. The van der Waals surface area contributed by atoms with Crippen molar-refractivity contribution in [3.63, 3.8) is 0 Å². The molecule has 0 saturated carbocycles. The van der Waals surface area contributed by atoms with Gasteiger partial charge in [0.1, 0.15) is 12.4 Å². The van der Waals surface area contributed by atoms with E-state index in [9.17, 15) is 14.9 Å². The van der Waals surface area contributed by atoms with Crippen LogP contribution in [0, 0.1) is 10.1 Å². The number of amides is 1. The highest BCUT2D eigenvalue weighted by atomic mass is 32.2. The molecule has 0 heterocycles. The summed E-state index contributed by atoms with van der Waals surface area (Å²) in [6, 6.07) is 28.3. The first-order valence-electron chi connectivity index (χ1n) is 10.9. The van der Waals surface area contributed by atoms with Gasteiger partial charge in [-0.25, -0.2) is 5.43 Å². The van der Waals surface area contributed by atoms with Gasteiger partial charge in [-0.05, 0) is 57.8 Å². The molecular weight excluding hydrogens is 462 g/mol. The third kappa shape index (κ3) is 7.15. The van der Waals surface area contributed by atoms with Gasteiger partial charge in [0.25, 0.3) is 5.69 Å². The summed E-state index contributed by atoms with van der Waals surface area (Å²) in [5.74, 6) is 1.34. The summed E-state index contributed by atoms with van der Waals surface area (Å²) in [7, 11) is 0. The highest BCUT2D eigenvalue weighted by Gasteiger charge is 2.05. The van der Waals surface area contributed by atoms with Gasteiger partial charge in [-0.15, -0.1) is 11.8 Å². The molecule has 0 aliphatic carbocycles. The zero-order chi connectivity index (χ0) is 24.5. The van der Waals surface area contributed by atoms with Crippen LogP contribution in [0.5, 0.6) is 5.75 Å². The molecule has 0 aliphatic heterocycles. The first-order chi connectivity index (χ1) is 17.1. The van der Waals surface area contributed by atoms with Gasteiger partial charge in [0, 0.05) is 17.9 Å². The van der Waals surface area contributed by atoms with E-state index in [0.29, 0.717) is 12.4 Å². The Hall–Kier alpha value is -4.17. The average molecular weight is 486 g/mol. The first-order valence-corrected chi connectivity index (χ1v) is 12.1. The molecule has 1 N–H and O–H groups in total. The number of nitro benzene ring substituents is 1. The van der Waals surface area contributed by atoms with Crippen LogP contribution in [-0.4, -0.2) is 22.8 Å². The minimum Gasteiger partial charge on any atom is -0.489 e. The Morgan fingerprint density at radius 2 is 1.66 bits per heavy atom. The van der Waals surface area contributed by atoms with Crippen molar-refractivity contribution in [1.29, 1.82) is 0 Å². The molecule has 0 bridgehead atoms. The Morgan fingerprint density at radius 3 is 2.40 bits per heavy atom. The zero-order valence-electron chi connectivity index (χ0n) is 18.8. The summed E-state index contributed by atoms with van der Waals surface area (Å²) in [6.07, 6.45) is 1.58. The van der Waals surface area contributed by atoms with Crippen molar-refractivity contribution < 1.29 is 14.5 Å². The summed E-state index contributed by atoms with van der Waals surface area (Å²) in [6.45, 7) is 0.478. The van der Waals surface area contributed by atoms with E-state index < -0.39 is 4.92 Å². The van der Waals surface area contributed by atoms with Crippen LogP contribution in [0.4, 0.5) is 5.69 Å². The molecule has 0 radical (unpaired) electrons.